The number of nitro benzene ring substituents is 1. The molecule has 0 atom stereocenters. The summed E-state index contributed by atoms with van der Waals surface area (Å²) in [6.07, 6.45) is 3.70. The highest BCUT2D eigenvalue weighted by atomic mass is 16.6. The van der Waals surface area contributed by atoms with Crippen molar-refractivity contribution < 1.29 is 24.0 Å². The lowest BCUT2D eigenvalue weighted by Crippen LogP contribution is -2.23. The number of rotatable bonds is 8. The summed E-state index contributed by atoms with van der Waals surface area (Å²) in [5.41, 5.74) is 2.67. The van der Waals surface area contributed by atoms with Crippen molar-refractivity contribution in [3.8, 4) is 11.4 Å². The standard InChI is InChI=1S/C25H22N4O6/c1-15(2)8-10-20-23(30)18-6-4-5-7-19(18)24(31)25(20)35-14-16-13-28(27-26-16)21-11-9-17(29(32)33)12-22(21)34-3/h4-9,11-13H,10,14H2,1-3H3. The lowest BCUT2D eigenvalue weighted by atomic mass is 9.86. The van der Waals surface area contributed by atoms with Crippen LogP contribution >= 0.6 is 0 Å². The van der Waals surface area contributed by atoms with E-state index >= 15 is 0 Å². The Morgan fingerprint density at radius 1 is 1.11 bits per heavy atom. The van der Waals surface area contributed by atoms with Gasteiger partial charge in [-0.2, -0.15) is 0 Å². The Morgan fingerprint density at radius 3 is 2.49 bits per heavy atom. The molecule has 0 unspecified atom stereocenters. The lowest BCUT2D eigenvalue weighted by molar-refractivity contribution is -0.384. The molecule has 0 saturated heterocycles. The Labute approximate surface area is 200 Å². The molecule has 0 bridgehead atoms. The fraction of sp³-hybridized carbons (Fsp3) is 0.200. The number of benzene rings is 2. The molecule has 0 spiro atoms. The molecule has 0 radical (unpaired) electrons. The van der Waals surface area contributed by atoms with Crippen LogP contribution in [0.4, 0.5) is 5.69 Å². The molecule has 4 rings (SSSR count). The van der Waals surface area contributed by atoms with E-state index in [-0.39, 0.29) is 41.8 Å². The first kappa shape index (κ1) is 23.6. The number of hydrogen-bond donors (Lipinski definition) is 0. The van der Waals surface area contributed by atoms with Crippen LogP contribution in [0.3, 0.4) is 0 Å². The van der Waals surface area contributed by atoms with E-state index in [1.807, 2.05) is 19.9 Å². The fourth-order valence-corrected chi connectivity index (χ4v) is 3.65. The van der Waals surface area contributed by atoms with Crippen LogP contribution in [0.5, 0.6) is 5.75 Å². The summed E-state index contributed by atoms with van der Waals surface area (Å²) in [6, 6.07) is 10.8. The van der Waals surface area contributed by atoms with Gasteiger partial charge in [0.1, 0.15) is 18.0 Å². The summed E-state index contributed by atoms with van der Waals surface area (Å²) < 4.78 is 12.5. The van der Waals surface area contributed by atoms with Crippen LogP contribution in [0.2, 0.25) is 0 Å². The SMILES string of the molecule is COc1cc([N+](=O)[O-])ccc1-n1cc(COC2=C(CC=C(C)C)C(=O)c3ccccc3C2=O)nn1. The van der Waals surface area contributed by atoms with Gasteiger partial charge in [0.15, 0.2) is 17.3 Å². The van der Waals surface area contributed by atoms with E-state index in [1.54, 1.807) is 30.5 Å². The average molecular weight is 474 g/mol. The van der Waals surface area contributed by atoms with Crippen LogP contribution < -0.4 is 4.74 Å². The van der Waals surface area contributed by atoms with E-state index in [4.69, 9.17) is 9.47 Å². The van der Waals surface area contributed by atoms with Crippen molar-refractivity contribution >= 4 is 17.3 Å². The van der Waals surface area contributed by atoms with Gasteiger partial charge in [-0.05, 0) is 26.3 Å². The largest absolute Gasteiger partial charge is 0.494 e. The minimum atomic E-state index is -0.520. The van der Waals surface area contributed by atoms with E-state index in [1.165, 1.54) is 30.0 Å². The van der Waals surface area contributed by atoms with Crippen molar-refractivity contribution in [1.82, 2.24) is 15.0 Å². The first-order valence-corrected chi connectivity index (χ1v) is 10.7. The zero-order valence-electron chi connectivity index (χ0n) is 19.3. The van der Waals surface area contributed by atoms with Crippen molar-refractivity contribution in [2.75, 3.05) is 7.11 Å². The van der Waals surface area contributed by atoms with E-state index in [9.17, 15) is 19.7 Å². The zero-order chi connectivity index (χ0) is 25.1. The molecular weight excluding hydrogens is 452 g/mol. The number of non-ortho nitro benzene ring substituents is 1. The van der Waals surface area contributed by atoms with Crippen LogP contribution in [0.25, 0.3) is 5.69 Å². The average Bonchev–Trinajstić information content (AvgIpc) is 3.32. The van der Waals surface area contributed by atoms with E-state index in [0.29, 0.717) is 28.1 Å². The minimum absolute atomic E-state index is 0.00586. The Bertz CT molecular complexity index is 1400. The second-order valence-corrected chi connectivity index (χ2v) is 8.05. The number of carbonyl (C=O) groups is 2. The van der Waals surface area contributed by atoms with Crippen molar-refractivity contribution in [3.05, 3.63) is 98.6 Å². The van der Waals surface area contributed by atoms with Gasteiger partial charge in [0.25, 0.3) is 5.69 Å². The topological polar surface area (TPSA) is 126 Å². The molecule has 1 aromatic heterocycles. The molecule has 0 fully saturated rings. The highest BCUT2D eigenvalue weighted by molar-refractivity contribution is 6.26. The lowest BCUT2D eigenvalue weighted by Gasteiger charge is -2.20. The number of ether oxygens (including phenoxy) is 2. The number of methoxy groups -OCH3 is 1. The third-order valence-electron chi connectivity index (χ3n) is 5.41. The number of hydrogen-bond acceptors (Lipinski definition) is 8. The van der Waals surface area contributed by atoms with Crippen LogP contribution in [-0.4, -0.2) is 38.6 Å². The third-order valence-corrected chi connectivity index (χ3v) is 5.41. The Balaban J connectivity index is 1.62. The van der Waals surface area contributed by atoms with Crippen LogP contribution in [0, 0.1) is 10.1 Å². The molecule has 0 amide bonds. The van der Waals surface area contributed by atoms with Gasteiger partial charge in [0.05, 0.1) is 29.9 Å². The van der Waals surface area contributed by atoms with Gasteiger partial charge in [-0.3, -0.25) is 19.7 Å². The maximum Gasteiger partial charge on any atom is 0.273 e. The highest BCUT2D eigenvalue weighted by Crippen LogP contribution is 2.30. The zero-order valence-corrected chi connectivity index (χ0v) is 19.3. The second kappa shape index (κ2) is 9.72. The molecule has 1 aliphatic carbocycles. The van der Waals surface area contributed by atoms with E-state index in [0.717, 1.165) is 5.57 Å². The summed E-state index contributed by atoms with van der Waals surface area (Å²) in [5.74, 6) is -0.365. The smallest absolute Gasteiger partial charge is 0.273 e. The van der Waals surface area contributed by atoms with Gasteiger partial charge in [-0.25, -0.2) is 4.68 Å². The maximum atomic E-state index is 13.2. The van der Waals surface area contributed by atoms with E-state index in [2.05, 4.69) is 10.3 Å². The highest BCUT2D eigenvalue weighted by Gasteiger charge is 2.33. The Hall–Kier alpha value is -4.60. The molecule has 178 valence electrons. The van der Waals surface area contributed by atoms with E-state index < -0.39 is 4.92 Å². The molecular formula is C25H22N4O6. The number of allylic oxidation sites excluding steroid dienone is 4. The van der Waals surface area contributed by atoms with Gasteiger partial charge >= 0.3 is 0 Å². The molecule has 1 heterocycles. The van der Waals surface area contributed by atoms with Gasteiger partial charge in [-0.1, -0.05) is 41.1 Å². The van der Waals surface area contributed by atoms with Crippen molar-refractivity contribution in [2.45, 2.75) is 26.9 Å². The second-order valence-electron chi connectivity index (χ2n) is 8.05. The van der Waals surface area contributed by atoms with Crippen LogP contribution in [-0.2, 0) is 11.3 Å². The molecule has 2 aromatic carbocycles. The number of nitro groups is 1. The van der Waals surface area contributed by atoms with Gasteiger partial charge in [-0.15, -0.1) is 5.10 Å². The monoisotopic (exact) mass is 474 g/mol. The van der Waals surface area contributed by atoms with Crippen molar-refractivity contribution in [1.29, 1.82) is 0 Å². The normalized spacial score (nSPS) is 12.9. The number of aromatic nitrogens is 3. The predicted molar refractivity (Wildman–Crippen MR) is 126 cm³/mol. The number of nitrogens with zero attached hydrogens (tertiary/aromatic N) is 4. The molecule has 1 aliphatic rings. The molecule has 10 heteroatoms. The fourth-order valence-electron chi connectivity index (χ4n) is 3.65. The number of fused-ring (bicyclic) bond motifs is 1. The first-order valence-electron chi connectivity index (χ1n) is 10.7. The number of ketones is 2. The molecule has 35 heavy (non-hydrogen) atoms. The van der Waals surface area contributed by atoms with Crippen LogP contribution in [0.15, 0.2) is 71.6 Å². The quantitative estimate of drug-likeness (QED) is 0.267. The maximum absolute atomic E-state index is 13.2. The molecule has 10 nitrogen and oxygen atoms in total. The number of carbonyl (C=O) groups excluding carboxylic acids is 2. The number of Topliss-reactive ketones (excluding diaryl/α,β-unsaturated/α-hetero) is 2. The Kier molecular flexibility index (Phi) is 6.54. The van der Waals surface area contributed by atoms with Gasteiger partial charge < -0.3 is 9.47 Å². The summed E-state index contributed by atoms with van der Waals surface area (Å²) in [5, 5.41) is 19.1. The minimum Gasteiger partial charge on any atom is -0.494 e. The summed E-state index contributed by atoms with van der Waals surface area (Å²) >= 11 is 0. The molecule has 0 aliphatic heterocycles. The summed E-state index contributed by atoms with van der Waals surface area (Å²) in [4.78, 5) is 36.8. The van der Waals surface area contributed by atoms with Crippen LogP contribution in [0.1, 0.15) is 46.7 Å². The Morgan fingerprint density at radius 2 is 1.83 bits per heavy atom. The summed E-state index contributed by atoms with van der Waals surface area (Å²) in [7, 11) is 1.40. The van der Waals surface area contributed by atoms with Gasteiger partial charge in [0.2, 0.25) is 5.78 Å². The van der Waals surface area contributed by atoms with Gasteiger partial charge in [0, 0.05) is 17.2 Å². The van der Waals surface area contributed by atoms with Crippen molar-refractivity contribution in [3.63, 3.8) is 0 Å². The molecule has 0 N–H and O–H groups in total. The molecule has 0 saturated carbocycles. The predicted octanol–water partition coefficient (Wildman–Crippen LogP) is 4.39. The first-order chi connectivity index (χ1) is 16.8. The molecule has 3 aromatic rings. The van der Waals surface area contributed by atoms with Crippen molar-refractivity contribution in [2.24, 2.45) is 0 Å². The summed E-state index contributed by atoms with van der Waals surface area (Å²) in [6.45, 7) is 3.72. The third kappa shape index (κ3) is 4.72.